The Hall–Kier alpha value is -2.42. The Balaban J connectivity index is 2.57. The maximum atomic E-state index is 8.92. The zero-order valence-electron chi connectivity index (χ0n) is 13.1. The van der Waals surface area contributed by atoms with Crippen molar-refractivity contribution in [2.45, 2.75) is 13.3 Å². The van der Waals surface area contributed by atoms with Crippen LogP contribution in [0.1, 0.15) is 13.3 Å². The van der Waals surface area contributed by atoms with Gasteiger partial charge >= 0.3 is 0 Å². The van der Waals surface area contributed by atoms with Crippen LogP contribution in [0.4, 0.5) is 23.5 Å². The number of fused-ring (bicyclic) bond motifs is 1. The lowest BCUT2D eigenvalue weighted by atomic mass is 10.3. The summed E-state index contributed by atoms with van der Waals surface area (Å²) in [5.41, 5.74) is 1.28. The van der Waals surface area contributed by atoms with Crippen LogP contribution in [-0.2, 0) is 0 Å². The van der Waals surface area contributed by atoms with E-state index in [9.17, 15) is 0 Å². The summed E-state index contributed by atoms with van der Waals surface area (Å²) in [6.07, 6.45) is 0.629. The largest absolute Gasteiger partial charge is 0.396 e. The van der Waals surface area contributed by atoms with Gasteiger partial charge in [0.1, 0.15) is 11.0 Å². The minimum absolute atomic E-state index is 0.119. The standard InChI is InChI=1S/C13H22N8O/c1-4-16-10-8-9(19-12(14-2)20-10)11(17-6-5-7-22)21-13(15-3)18-8/h22H,4-7H2,1-3H3,(H2,14,16,19,20)(H2,15,17,18,21). The Morgan fingerprint density at radius 1 is 0.864 bits per heavy atom. The molecule has 0 bridgehead atoms. The molecule has 0 saturated heterocycles. The topological polar surface area (TPSA) is 120 Å². The molecule has 0 radical (unpaired) electrons. The molecule has 5 N–H and O–H groups in total. The molecular formula is C13H22N8O. The van der Waals surface area contributed by atoms with Crippen LogP contribution in [0.25, 0.3) is 11.0 Å². The Labute approximate surface area is 129 Å². The maximum Gasteiger partial charge on any atom is 0.225 e. The van der Waals surface area contributed by atoms with E-state index in [4.69, 9.17) is 5.11 Å². The molecule has 0 spiro atoms. The van der Waals surface area contributed by atoms with Gasteiger partial charge in [-0.25, -0.2) is 9.97 Å². The third kappa shape index (κ3) is 3.42. The SMILES string of the molecule is CCNc1nc(NC)nc2c(NCCCO)nc(NC)nc12. The average Bonchev–Trinajstić information content (AvgIpc) is 2.55. The first-order valence-corrected chi connectivity index (χ1v) is 7.27. The van der Waals surface area contributed by atoms with Crippen molar-refractivity contribution in [1.29, 1.82) is 0 Å². The molecule has 9 nitrogen and oxygen atoms in total. The van der Waals surface area contributed by atoms with Gasteiger partial charge in [-0.3, -0.25) is 0 Å². The summed E-state index contributed by atoms with van der Waals surface area (Å²) in [4.78, 5) is 17.7. The van der Waals surface area contributed by atoms with E-state index in [0.717, 1.165) is 6.54 Å². The lowest BCUT2D eigenvalue weighted by Crippen LogP contribution is -2.12. The van der Waals surface area contributed by atoms with Crippen LogP contribution in [0, 0.1) is 0 Å². The van der Waals surface area contributed by atoms with Gasteiger partial charge in [-0.05, 0) is 13.3 Å². The van der Waals surface area contributed by atoms with Crippen molar-refractivity contribution in [1.82, 2.24) is 19.9 Å². The zero-order chi connectivity index (χ0) is 15.9. The minimum Gasteiger partial charge on any atom is -0.396 e. The normalized spacial score (nSPS) is 10.5. The van der Waals surface area contributed by atoms with Gasteiger partial charge in [0.05, 0.1) is 0 Å². The molecule has 0 fully saturated rings. The van der Waals surface area contributed by atoms with Crippen LogP contribution < -0.4 is 21.3 Å². The van der Waals surface area contributed by atoms with Gasteiger partial charge in [-0.1, -0.05) is 0 Å². The smallest absolute Gasteiger partial charge is 0.225 e. The van der Waals surface area contributed by atoms with E-state index in [2.05, 4.69) is 41.2 Å². The number of hydrogen-bond acceptors (Lipinski definition) is 9. The molecule has 2 heterocycles. The molecule has 2 rings (SSSR count). The number of nitrogens with one attached hydrogen (secondary N) is 4. The van der Waals surface area contributed by atoms with Gasteiger partial charge in [0, 0.05) is 33.8 Å². The van der Waals surface area contributed by atoms with Crippen molar-refractivity contribution < 1.29 is 5.11 Å². The van der Waals surface area contributed by atoms with Crippen molar-refractivity contribution in [3.8, 4) is 0 Å². The van der Waals surface area contributed by atoms with Crippen LogP contribution in [0.2, 0.25) is 0 Å². The first kappa shape index (κ1) is 16.0. The van der Waals surface area contributed by atoms with Crippen LogP contribution in [-0.4, -0.2) is 58.8 Å². The monoisotopic (exact) mass is 306 g/mol. The predicted molar refractivity (Wildman–Crippen MR) is 88.6 cm³/mol. The average molecular weight is 306 g/mol. The third-order valence-corrected chi connectivity index (χ3v) is 2.96. The van der Waals surface area contributed by atoms with E-state index in [1.807, 2.05) is 6.92 Å². The van der Waals surface area contributed by atoms with Gasteiger partial charge in [-0.2, -0.15) is 9.97 Å². The summed E-state index contributed by atoms with van der Waals surface area (Å²) in [7, 11) is 3.52. The van der Waals surface area contributed by atoms with Crippen LogP contribution in [0.3, 0.4) is 0 Å². The van der Waals surface area contributed by atoms with E-state index in [1.54, 1.807) is 14.1 Å². The summed E-state index contributed by atoms with van der Waals surface area (Å²) >= 11 is 0. The summed E-state index contributed by atoms with van der Waals surface area (Å²) in [6, 6.07) is 0. The molecule has 2 aromatic rings. The summed E-state index contributed by atoms with van der Waals surface area (Å²) in [5.74, 6) is 2.25. The second kappa shape index (κ2) is 7.55. The fraction of sp³-hybridized carbons (Fsp3) is 0.538. The van der Waals surface area contributed by atoms with Crippen LogP contribution in [0.5, 0.6) is 0 Å². The van der Waals surface area contributed by atoms with Crippen molar-refractivity contribution in [3.05, 3.63) is 0 Å². The Morgan fingerprint density at radius 2 is 1.41 bits per heavy atom. The fourth-order valence-electron chi connectivity index (χ4n) is 1.94. The molecule has 22 heavy (non-hydrogen) atoms. The quantitative estimate of drug-likeness (QED) is 0.449. The Morgan fingerprint density at radius 3 is 1.86 bits per heavy atom. The molecule has 0 aliphatic heterocycles. The number of nitrogens with zero attached hydrogens (tertiary/aromatic N) is 4. The molecule has 120 valence electrons. The van der Waals surface area contributed by atoms with Gasteiger partial charge in [0.25, 0.3) is 0 Å². The number of aromatic nitrogens is 4. The second-order valence-corrected chi connectivity index (χ2v) is 4.52. The molecular weight excluding hydrogens is 284 g/mol. The zero-order valence-corrected chi connectivity index (χ0v) is 13.1. The molecule has 9 heteroatoms. The number of aliphatic hydroxyl groups excluding tert-OH is 1. The second-order valence-electron chi connectivity index (χ2n) is 4.52. The van der Waals surface area contributed by atoms with E-state index in [0.29, 0.717) is 47.5 Å². The van der Waals surface area contributed by atoms with E-state index in [1.165, 1.54) is 0 Å². The first-order chi connectivity index (χ1) is 10.7. The maximum absolute atomic E-state index is 8.92. The molecule has 0 saturated carbocycles. The van der Waals surface area contributed by atoms with Crippen LogP contribution in [0.15, 0.2) is 0 Å². The Bertz CT molecular complexity index is 633. The fourth-order valence-corrected chi connectivity index (χ4v) is 1.94. The van der Waals surface area contributed by atoms with E-state index >= 15 is 0 Å². The van der Waals surface area contributed by atoms with Gasteiger partial charge < -0.3 is 26.4 Å². The molecule has 2 aromatic heterocycles. The summed E-state index contributed by atoms with van der Waals surface area (Å²) in [6.45, 7) is 3.44. The van der Waals surface area contributed by atoms with E-state index < -0.39 is 0 Å². The molecule has 0 aromatic carbocycles. The van der Waals surface area contributed by atoms with E-state index in [-0.39, 0.29) is 6.61 Å². The minimum atomic E-state index is 0.119. The first-order valence-electron chi connectivity index (χ1n) is 7.27. The van der Waals surface area contributed by atoms with Crippen molar-refractivity contribution in [2.24, 2.45) is 0 Å². The highest BCUT2D eigenvalue weighted by molar-refractivity contribution is 5.94. The molecule has 0 atom stereocenters. The van der Waals surface area contributed by atoms with Gasteiger partial charge in [0.15, 0.2) is 11.6 Å². The van der Waals surface area contributed by atoms with Crippen molar-refractivity contribution in [3.63, 3.8) is 0 Å². The lowest BCUT2D eigenvalue weighted by molar-refractivity contribution is 0.292. The molecule has 0 amide bonds. The number of rotatable bonds is 8. The van der Waals surface area contributed by atoms with Crippen molar-refractivity contribution >= 4 is 34.6 Å². The molecule has 0 aliphatic rings. The highest BCUT2D eigenvalue weighted by Gasteiger charge is 2.14. The van der Waals surface area contributed by atoms with Gasteiger partial charge in [-0.15, -0.1) is 0 Å². The lowest BCUT2D eigenvalue weighted by Gasteiger charge is -2.13. The van der Waals surface area contributed by atoms with Crippen LogP contribution >= 0.6 is 0 Å². The number of aliphatic hydroxyl groups is 1. The Kier molecular flexibility index (Phi) is 5.48. The molecule has 0 unspecified atom stereocenters. The summed E-state index contributed by atoms with van der Waals surface area (Å²) < 4.78 is 0. The number of anilines is 4. The molecule has 0 aliphatic carbocycles. The van der Waals surface area contributed by atoms with Gasteiger partial charge in [0.2, 0.25) is 11.9 Å². The highest BCUT2D eigenvalue weighted by atomic mass is 16.3. The van der Waals surface area contributed by atoms with Crippen molar-refractivity contribution in [2.75, 3.05) is 55.1 Å². The third-order valence-electron chi connectivity index (χ3n) is 2.96. The number of hydrogen-bond donors (Lipinski definition) is 5. The predicted octanol–water partition coefficient (Wildman–Crippen LogP) is 0.729. The summed E-state index contributed by atoms with van der Waals surface area (Å²) in [5, 5.41) is 21.2. The highest BCUT2D eigenvalue weighted by Crippen LogP contribution is 2.26.